The lowest BCUT2D eigenvalue weighted by atomic mass is 9.96. The number of nitrogens with one attached hydrogen (secondary N) is 2. The Balaban J connectivity index is 1.48. The zero-order chi connectivity index (χ0) is 25.2. The molecule has 3 rings (SSSR count). The molecule has 35 heavy (non-hydrogen) atoms. The number of ether oxygens (including phenoxy) is 1. The number of hydrogen-bond donors (Lipinski definition) is 4. The van der Waals surface area contributed by atoms with Crippen molar-refractivity contribution in [2.24, 2.45) is 0 Å². The molecule has 0 aromatic heterocycles. The van der Waals surface area contributed by atoms with E-state index >= 15 is 0 Å². The Morgan fingerprint density at radius 1 is 1.11 bits per heavy atom. The SMILES string of the molecule is COc1cc([C@@H](C)N[C@H]2CC[C@@H](c3ccc(C(=O)NCCN(CCO)CCO)cc3)C2)ccc1F. The Bertz CT molecular complexity index is 935. The molecule has 0 aliphatic heterocycles. The zero-order valence-electron chi connectivity index (χ0n) is 20.7. The fourth-order valence-electron chi connectivity index (χ4n) is 4.79. The van der Waals surface area contributed by atoms with E-state index in [1.807, 2.05) is 29.2 Å². The maximum Gasteiger partial charge on any atom is 0.251 e. The van der Waals surface area contributed by atoms with Gasteiger partial charge in [0.15, 0.2) is 11.6 Å². The van der Waals surface area contributed by atoms with Gasteiger partial charge in [-0.15, -0.1) is 0 Å². The van der Waals surface area contributed by atoms with Crippen molar-refractivity contribution in [3.05, 3.63) is 65.0 Å². The van der Waals surface area contributed by atoms with E-state index in [2.05, 4.69) is 17.6 Å². The van der Waals surface area contributed by atoms with Crippen LogP contribution in [0, 0.1) is 5.82 Å². The highest BCUT2D eigenvalue weighted by molar-refractivity contribution is 5.94. The number of benzene rings is 2. The average molecular weight is 488 g/mol. The lowest BCUT2D eigenvalue weighted by molar-refractivity contribution is 0.0944. The van der Waals surface area contributed by atoms with Crippen LogP contribution in [-0.2, 0) is 0 Å². The molecule has 0 spiro atoms. The molecule has 192 valence electrons. The van der Waals surface area contributed by atoms with Crippen LogP contribution in [0.15, 0.2) is 42.5 Å². The fraction of sp³-hybridized carbons (Fsp3) is 0.519. The van der Waals surface area contributed by atoms with Gasteiger partial charge in [-0.3, -0.25) is 9.69 Å². The van der Waals surface area contributed by atoms with Gasteiger partial charge < -0.3 is 25.6 Å². The highest BCUT2D eigenvalue weighted by Gasteiger charge is 2.27. The predicted molar refractivity (Wildman–Crippen MR) is 134 cm³/mol. The standard InChI is InChI=1S/C27H38FN3O4/c1-19(22-8-10-25(28)26(18-22)35-2)30-24-9-7-23(17-24)20-3-5-21(6-4-20)27(34)29-11-12-31(13-15-32)14-16-33/h3-6,8,10,18-19,23-24,30,32-33H,7,9,11-17H2,1-2H3,(H,29,34)/t19-,23-,24+/m1/s1. The summed E-state index contributed by atoms with van der Waals surface area (Å²) < 4.78 is 18.8. The maximum absolute atomic E-state index is 13.7. The number of carbonyl (C=O) groups excluding carboxylic acids is 1. The van der Waals surface area contributed by atoms with Crippen LogP contribution in [0.5, 0.6) is 5.75 Å². The van der Waals surface area contributed by atoms with Crippen LogP contribution in [0.4, 0.5) is 4.39 Å². The minimum absolute atomic E-state index is 0.0207. The van der Waals surface area contributed by atoms with Crippen molar-refractivity contribution in [2.45, 2.75) is 44.2 Å². The van der Waals surface area contributed by atoms with Crippen LogP contribution >= 0.6 is 0 Å². The van der Waals surface area contributed by atoms with Crippen LogP contribution < -0.4 is 15.4 Å². The van der Waals surface area contributed by atoms with E-state index in [-0.39, 0.29) is 36.7 Å². The number of halogens is 1. The van der Waals surface area contributed by atoms with E-state index in [9.17, 15) is 9.18 Å². The molecule has 0 bridgehead atoms. The lowest BCUT2D eigenvalue weighted by Crippen LogP contribution is -2.37. The molecule has 0 unspecified atom stereocenters. The van der Waals surface area contributed by atoms with Gasteiger partial charge in [-0.1, -0.05) is 18.2 Å². The van der Waals surface area contributed by atoms with Crippen LogP contribution in [0.3, 0.4) is 0 Å². The summed E-state index contributed by atoms with van der Waals surface area (Å²) in [6, 6.07) is 13.3. The van der Waals surface area contributed by atoms with Gasteiger partial charge in [-0.25, -0.2) is 4.39 Å². The largest absolute Gasteiger partial charge is 0.494 e. The Morgan fingerprint density at radius 2 is 1.83 bits per heavy atom. The van der Waals surface area contributed by atoms with Gasteiger partial charge in [-0.05, 0) is 67.5 Å². The molecule has 3 atom stereocenters. The fourth-order valence-corrected chi connectivity index (χ4v) is 4.79. The van der Waals surface area contributed by atoms with Crippen LogP contribution in [0.25, 0.3) is 0 Å². The molecule has 2 aromatic carbocycles. The summed E-state index contributed by atoms with van der Waals surface area (Å²) in [4.78, 5) is 14.4. The second-order valence-corrected chi connectivity index (χ2v) is 9.16. The summed E-state index contributed by atoms with van der Waals surface area (Å²) in [5.74, 6) is 0.216. The number of rotatable bonds is 13. The highest BCUT2D eigenvalue weighted by atomic mass is 19.1. The van der Waals surface area contributed by atoms with Gasteiger partial charge in [0.05, 0.1) is 20.3 Å². The van der Waals surface area contributed by atoms with E-state index in [0.717, 1.165) is 24.8 Å². The van der Waals surface area contributed by atoms with Crippen molar-refractivity contribution < 1.29 is 24.1 Å². The highest BCUT2D eigenvalue weighted by Crippen LogP contribution is 2.36. The molecule has 0 saturated heterocycles. The predicted octanol–water partition coefficient (Wildman–Crippen LogP) is 2.84. The summed E-state index contributed by atoms with van der Waals surface area (Å²) in [5, 5.41) is 24.7. The Kier molecular flexibility index (Phi) is 10.5. The van der Waals surface area contributed by atoms with Gasteiger partial charge in [0.2, 0.25) is 0 Å². The first-order chi connectivity index (χ1) is 16.9. The number of aliphatic hydroxyl groups excluding tert-OH is 2. The third kappa shape index (κ3) is 7.73. The molecule has 1 amide bonds. The van der Waals surface area contributed by atoms with Gasteiger partial charge in [0, 0.05) is 43.8 Å². The molecule has 1 aliphatic rings. The van der Waals surface area contributed by atoms with Crippen molar-refractivity contribution in [3.8, 4) is 5.75 Å². The second-order valence-electron chi connectivity index (χ2n) is 9.16. The van der Waals surface area contributed by atoms with Gasteiger partial charge in [0.1, 0.15) is 0 Å². The van der Waals surface area contributed by atoms with Crippen molar-refractivity contribution in [2.75, 3.05) is 46.5 Å². The first kappa shape index (κ1) is 27.1. The number of carbonyl (C=O) groups is 1. The van der Waals surface area contributed by atoms with Crippen molar-refractivity contribution in [1.29, 1.82) is 0 Å². The topological polar surface area (TPSA) is 94.1 Å². The average Bonchev–Trinajstić information content (AvgIpc) is 3.33. The molecule has 7 nitrogen and oxygen atoms in total. The van der Waals surface area contributed by atoms with Gasteiger partial charge in [0.25, 0.3) is 5.91 Å². The van der Waals surface area contributed by atoms with E-state index in [1.54, 1.807) is 12.1 Å². The quantitative estimate of drug-likeness (QED) is 0.347. The molecule has 2 aromatic rings. The molecule has 1 saturated carbocycles. The second kappa shape index (κ2) is 13.5. The Morgan fingerprint density at radius 3 is 2.49 bits per heavy atom. The number of hydrogen-bond acceptors (Lipinski definition) is 6. The third-order valence-electron chi connectivity index (χ3n) is 6.78. The smallest absolute Gasteiger partial charge is 0.251 e. The summed E-state index contributed by atoms with van der Waals surface area (Å²) in [7, 11) is 1.47. The van der Waals surface area contributed by atoms with Crippen LogP contribution in [-0.4, -0.2) is 73.6 Å². The molecule has 8 heteroatoms. The molecule has 0 radical (unpaired) electrons. The maximum atomic E-state index is 13.7. The normalized spacial score (nSPS) is 18.6. The van der Waals surface area contributed by atoms with Crippen LogP contribution in [0.2, 0.25) is 0 Å². The third-order valence-corrected chi connectivity index (χ3v) is 6.78. The van der Waals surface area contributed by atoms with E-state index in [0.29, 0.717) is 43.7 Å². The van der Waals surface area contributed by atoms with Crippen molar-refractivity contribution in [3.63, 3.8) is 0 Å². The number of amides is 1. The summed E-state index contributed by atoms with van der Waals surface area (Å²) in [6.07, 6.45) is 3.15. The van der Waals surface area contributed by atoms with Crippen molar-refractivity contribution >= 4 is 5.91 Å². The van der Waals surface area contributed by atoms with E-state index < -0.39 is 0 Å². The summed E-state index contributed by atoms with van der Waals surface area (Å²) >= 11 is 0. The first-order valence-electron chi connectivity index (χ1n) is 12.4. The molecule has 1 fully saturated rings. The Hall–Kier alpha value is -2.52. The minimum Gasteiger partial charge on any atom is -0.494 e. The first-order valence-corrected chi connectivity index (χ1v) is 12.4. The molecular weight excluding hydrogens is 449 g/mol. The number of methoxy groups -OCH3 is 1. The molecular formula is C27H38FN3O4. The number of nitrogens with zero attached hydrogens (tertiary/aromatic N) is 1. The van der Waals surface area contributed by atoms with Crippen LogP contribution in [0.1, 0.15) is 59.6 Å². The zero-order valence-corrected chi connectivity index (χ0v) is 20.7. The van der Waals surface area contributed by atoms with E-state index in [1.165, 1.54) is 18.7 Å². The minimum atomic E-state index is -0.355. The lowest BCUT2D eigenvalue weighted by Gasteiger charge is -2.21. The summed E-state index contributed by atoms with van der Waals surface area (Å²) in [5.41, 5.74) is 2.85. The number of aliphatic hydroxyl groups is 2. The van der Waals surface area contributed by atoms with Gasteiger partial charge >= 0.3 is 0 Å². The van der Waals surface area contributed by atoms with Crippen molar-refractivity contribution in [1.82, 2.24) is 15.5 Å². The van der Waals surface area contributed by atoms with E-state index in [4.69, 9.17) is 14.9 Å². The monoisotopic (exact) mass is 487 g/mol. The molecule has 0 heterocycles. The summed E-state index contributed by atoms with van der Waals surface area (Å²) in [6.45, 7) is 4.09. The Labute approximate surface area is 207 Å². The molecule has 4 N–H and O–H groups in total. The van der Waals surface area contributed by atoms with Gasteiger partial charge in [-0.2, -0.15) is 0 Å². The molecule has 1 aliphatic carbocycles.